The molecule has 0 saturated carbocycles. The molecule has 6 nitrogen and oxygen atoms in total. The summed E-state index contributed by atoms with van der Waals surface area (Å²) in [6.45, 7) is 0.907. The summed E-state index contributed by atoms with van der Waals surface area (Å²) in [7, 11) is 0. The van der Waals surface area contributed by atoms with E-state index >= 15 is 0 Å². The average Bonchev–Trinajstić information content (AvgIpc) is 3.42. The molecule has 2 fully saturated rings. The number of nitrogens with zero attached hydrogens (tertiary/aromatic N) is 4. The third kappa shape index (κ3) is 2.18. The summed E-state index contributed by atoms with van der Waals surface area (Å²) in [4.78, 5) is 0. The Morgan fingerprint density at radius 2 is 1.35 bits per heavy atom. The Bertz CT molecular complexity index is 604. The Morgan fingerprint density at radius 1 is 0.900 bits per heavy atom. The van der Waals surface area contributed by atoms with E-state index in [9.17, 15) is 0 Å². The molecule has 0 bridgehead atoms. The highest BCUT2D eigenvalue weighted by molar-refractivity contribution is 5.50. The lowest BCUT2D eigenvalue weighted by Gasteiger charge is -1.89. The standard InChI is InChI=1S/C8H8O.C6N4O/c1-2-4-7(5-3-1)8-6-9-8;7-1-5(2-8)6(3-9,4-10)11-5/h1-5,8H,6H2;. The van der Waals surface area contributed by atoms with Crippen molar-refractivity contribution in [3.05, 3.63) is 35.9 Å². The highest BCUT2D eigenvalue weighted by atomic mass is 16.6. The van der Waals surface area contributed by atoms with Crippen LogP contribution < -0.4 is 0 Å². The van der Waals surface area contributed by atoms with Crippen molar-refractivity contribution in [2.45, 2.75) is 17.3 Å². The number of nitriles is 4. The first-order valence-corrected chi connectivity index (χ1v) is 5.68. The van der Waals surface area contributed by atoms with Crippen molar-refractivity contribution in [2.24, 2.45) is 0 Å². The second-order valence-corrected chi connectivity index (χ2v) is 4.14. The van der Waals surface area contributed by atoms with Crippen LogP contribution >= 0.6 is 0 Å². The maximum absolute atomic E-state index is 8.35. The maximum Gasteiger partial charge on any atom is 0.300 e. The van der Waals surface area contributed by atoms with Crippen molar-refractivity contribution in [3.63, 3.8) is 0 Å². The average molecular weight is 264 g/mol. The summed E-state index contributed by atoms with van der Waals surface area (Å²) < 4.78 is 9.54. The molecule has 6 heteroatoms. The Morgan fingerprint density at radius 3 is 1.65 bits per heavy atom. The third-order valence-electron chi connectivity index (χ3n) is 2.89. The van der Waals surface area contributed by atoms with Gasteiger partial charge in [-0.3, -0.25) is 0 Å². The lowest BCUT2D eigenvalue weighted by Crippen LogP contribution is -2.19. The molecule has 20 heavy (non-hydrogen) atoms. The molecule has 0 N–H and O–H groups in total. The van der Waals surface area contributed by atoms with E-state index in [0.29, 0.717) is 6.10 Å². The smallest absolute Gasteiger partial charge is 0.300 e. The van der Waals surface area contributed by atoms with Gasteiger partial charge in [-0.15, -0.1) is 0 Å². The molecule has 2 aliphatic heterocycles. The van der Waals surface area contributed by atoms with E-state index in [1.54, 1.807) is 0 Å². The molecule has 1 aromatic rings. The van der Waals surface area contributed by atoms with Crippen LogP contribution in [-0.4, -0.2) is 17.8 Å². The molecule has 0 aromatic heterocycles. The number of hydrogen-bond donors (Lipinski definition) is 0. The van der Waals surface area contributed by atoms with Crippen LogP contribution in [0.25, 0.3) is 0 Å². The van der Waals surface area contributed by atoms with Gasteiger partial charge in [-0.25, -0.2) is 0 Å². The fourth-order valence-electron chi connectivity index (χ4n) is 1.57. The van der Waals surface area contributed by atoms with E-state index < -0.39 is 11.2 Å². The van der Waals surface area contributed by atoms with Crippen LogP contribution in [0.2, 0.25) is 0 Å². The van der Waals surface area contributed by atoms with Crippen molar-refractivity contribution in [2.75, 3.05) is 6.61 Å². The van der Waals surface area contributed by atoms with Gasteiger partial charge in [-0.1, -0.05) is 30.3 Å². The molecule has 3 rings (SSSR count). The van der Waals surface area contributed by atoms with Gasteiger partial charge in [0.15, 0.2) is 0 Å². The molecule has 2 saturated heterocycles. The number of rotatable bonds is 1. The molecule has 0 aliphatic carbocycles. The molecule has 0 amide bonds. The maximum atomic E-state index is 8.35. The summed E-state index contributed by atoms with van der Waals surface area (Å²) in [5.41, 5.74) is -2.43. The van der Waals surface area contributed by atoms with Crippen molar-refractivity contribution in [1.82, 2.24) is 0 Å². The Balaban J connectivity index is 0.000000149. The van der Waals surface area contributed by atoms with Gasteiger partial charge in [0.05, 0.1) is 6.61 Å². The van der Waals surface area contributed by atoms with E-state index in [2.05, 4.69) is 16.9 Å². The van der Waals surface area contributed by atoms with Crippen molar-refractivity contribution in [3.8, 4) is 24.3 Å². The summed E-state index contributed by atoms with van der Waals surface area (Å²) in [5.74, 6) is 0. The second kappa shape index (κ2) is 5.00. The van der Waals surface area contributed by atoms with Crippen molar-refractivity contribution in [1.29, 1.82) is 21.0 Å². The SMILES string of the molecule is N#CC1(C#N)OC1(C#N)C#N.c1ccc(C2CO2)cc1. The zero-order valence-corrected chi connectivity index (χ0v) is 10.3. The number of hydrogen-bond acceptors (Lipinski definition) is 6. The van der Waals surface area contributed by atoms with Gasteiger partial charge >= 0.3 is 0 Å². The molecule has 2 heterocycles. The normalized spacial score (nSPS) is 22.5. The van der Waals surface area contributed by atoms with Crippen molar-refractivity contribution < 1.29 is 9.47 Å². The van der Waals surface area contributed by atoms with Crippen LogP contribution in [0.4, 0.5) is 0 Å². The molecule has 0 spiro atoms. The third-order valence-corrected chi connectivity index (χ3v) is 2.89. The van der Waals surface area contributed by atoms with Crippen LogP contribution in [0.1, 0.15) is 11.7 Å². The fourth-order valence-corrected chi connectivity index (χ4v) is 1.57. The largest absolute Gasteiger partial charge is 0.368 e. The van der Waals surface area contributed by atoms with Gasteiger partial charge in [-0.2, -0.15) is 21.0 Å². The summed E-state index contributed by atoms with van der Waals surface area (Å²) in [5, 5.41) is 33.4. The molecule has 1 aromatic carbocycles. The van der Waals surface area contributed by atoms with Gasteiger partial charge in [-0.05, 0) is 5.56 Å². The molecule has 0 radical (unpaired) electrons. The fraction of sp³-hybridized carbons (Fsp3) is 0.286. The zero-order chi connectivity index (χ0) is 14.6. The van der Waals surface area contributed by atoms with Crippen LogP contribution in [0.3, 0.4) is 0 Å². The molecular weight excluding hydrogens is 256 g/mol. The van der Waals surface area contributed by atoms with E-state index in [1.165, 1.54) is 29.8 Å². The van der Waals surface area contributed by atoms with E-state index in [0.717, 1.165) is 6.61 Å². The molecule has 2 aliphatic rings. The first-order chi connectivity index (χ1) is 9.67. The van der Waals surface area contributed by atoms with E-state index in [4.69, 9.17) is 25.8 Å². The minimum atomic E-state index is -1.86. The van der Waals surface area contributed by atoms with Gasteiger partial charge in [0.1, 0.15) is 30.4 Å². The Labute approximate surface area is 115 Å². The van der Waals surface area contributed by atoms with Crippen molar-refractivity contribution >= 4 is 0 Å². The minimum Gasteiger partial charge on any atom is -0.368 e. The van der Waals surface area contributed by atoms with Gasteiger partial charge in [0.2, 0.25) is 0 Å². The number of epoxide rings is 2. The second-order valence-electron chi connectivity index (χ2n) is 4.14. The molecular formula is C14H8N4O2. The highest BCUT2D eigenvalue weighted by Gasteiger charge is 2.75. The summed E-state index contributed by atoms with van der Waals surface area (Å²) in [6.07, 6.45) is 0.409. The Kier molecular flexibility index (Phi) is 3.38. The van der Waals surface area contributed by atoms with Gasteiger partial charge < -0.3 is 9.47 Å². The number of ether oxygens (including phenoxy) is 2. The summed E-state index contributed by atoms with van der Waals surface area (Å²) >= 11 is 0. The van der Waals surface area contributed by atoms with E-state index in [-0.39, 0.29) is 0 Å². The molecule has 96 valence electrons. The lowest BCUT2D eigenvalue weighted by molar-refractivity contribution is 0.361. The highest BCUT2D eigenvalue weighted by Crippen LogP contribution is 2.46. The number of benzene rings is 1. The first-order valence-electron chi connectivity index (χ1n) is 5.68. The predicted octanol–water partition coefficient (Wildman–Crippen LogP) is 1.35. The molecule has 1 atom stereocenters. The molecule has 1 unspecified atom stereocenters. The lowest BCUT2D eigenvalue weighted by atomic mass is 9.98. The zero-order valence-electron chi connectivity index (χ0n) is 10.3. The monoisotopic (exact) mass is 264 g/mol. The quantitative estimate of drug-likeness (QED) is 0.706. The minimum absolute atomic E-state index is 0.409. The van der Waals surface area contributed by atoms with Crippen LogP contribution in [-0.2, 0) is 9.47 Å². The van der Waals surface area contributed by atoms with Gasteiger partial charge in [0.25, 0.3) is 11.2 Å². The first kappa shape index (κ1) is 13.5. The summed E-state index contributed by atoms with van der Waals surface area (Å²) in [6, 6.07) is 16.2. The van der Waals surface area contributed by atoms with Gasteiger partial charge in [0, 0.05) is 0 Å². The van der Waals surface area contributed by atoms with Crippen LogP contribution in [0.15, 0.2) is 30.3 Å². The topological polar surface area (TPSA) is 120 Å². The predicted molar refractivity (Wildman–Crippen MR) is 64.1 cm³/mol. The van der Waals surface area contributed by atoms with E-state index in [1.807, 2.05) is 18.2 Å². The van der Waals surface area contributed by atoms with Crippen LogP contribution in [0.5, 0.6) is 0 Å². The van der Waals surface area contributed by atoms with Crippen LogP contribution in [0, 0.1) is 45.3 Å². The Hall–Kier alpha value is -2.90.